The smallest absolute Gasteiger partial charge is 0.218 e. The number of aliphatic imine (C=N–C) groups is 1. The van der Waals surface area contributed by atoms with Crippen LogP contribution < -0.4 is 15.4 Å². The van der Waals surface area contributed by atoms with E-state index in [1.807, 2.05) is 19.1 Å². The predicted molar refractivity (Wildman–Crippen MR) is 87.7 cm³/mol. The number of unbranched alkanes of at least 4 members (excludes halogenated alkanes) is 3. The molecule has 118 valence electrons. The summed E-state index contributed by atoms with van der Waals surface area (Å²) in [5.41, 5.74) is 1.04. The minimum absolute atomic E-state index is 0.619. The molecule has 0 bridgehead atoms. The van der Waals surface area contributed by atoms with Gasteiger partial charge in [0.1, 0.15) is 0 Å². The van der Waals surface area contributed by atoms with Gasteiger partial charge in [-0.3, -0.25) is 4.99 Å². The molecule has 0 radical (unpaired) electrons. The van der Waals surface area contributed by atoms with Crippen LogP contribution in [-0.4, -0.2) is 31.1 Å². The molecular weight excluding hydrogens is 264 g/mol. The molecular formula is C16H28N4O. The number of guanidine groups is 1. The summed E-state index contributed by atoms with van der Waals surface area (Å²) in [4.78, 5) is 8.48. The third-order valence-corrected chi connectivity index (χ3v) is 3.12. The Hall–Kier alpha value is -1.78. The van der Waals surface area contributed by atoms with Crippen LogP contribution in [0.1, 0.15) is 45.1 Å². The molecule has 0 amide bonds. The highest BCUT2D eigenvalue weighted by atomic mass is 16.5. The summed E-state index contributed by atoms with van der Waals surface area (Å²) in [6.45, 7) is 6.40. The fraction of sp³-hybridized carbons (Fsp3) is 0.625. The zero-order valence-corrected chi connectivity index (χ0v) is 13.5. The average molecular weight is 292 g/mol. The van der Waals surface area contributed by atoms with Crippen molar-refractivity contribution in [3.05, 3.63) is 23.9 Å². The van der Waals surface area contributed by atoms with Crippen LogP contribution in [0.2, 0.25) is 0 Å². The lowest BCUT2D eigenvalue weighted by molar-refractivity contribution is 0.322. The van der Waals surface area contributed by atoms with Gasteiger partial charge in [-0.15, -0.1) is 0 Å². The van der Waals surface area contributed by atoms with Crippen molar-refractivity contribution in [2.75, 3.05) is 20.2 Å². The molecule has 0 aliphatic heterocycles. The number of nitrogens with zero attached hydrogens (tertiary/aromatic N) is 2. The van der Waals surface area contributed by atoms with Gasteiger partial charge in [-0.25, -0.2) is 4.98 Å². The number of hydrogen-bond donors (Lipinski definition) is 2. The van der Waals surface area contributed by atoms with Crippen LogP contribution in [0.25, 0.3) is 0 Å². The summed E-state index contributed by atoms with van der Waals surface area (Å²) in [5.74, 6) is 1.50. The highest BCUT2D eigenvalue weighted by Crippen LogP contribution is 2.13. The summed E-state index contributed by atoms with van der Waals surface area (Å²) in [6, 6.07) is 3.93. The standard InChI is InChI=1S/C16H28N4O/c1-4-6-7-8-11-19-16(17-3)20-13-14-10-9-12-18-15(14)21-5-2/h9-10,12H,4-8,11,13H2,1-3H3,(H2,17,19,20). The van der Waals surface area contributed by atoms with Crippen LogP contribution in [0, 0.1) is 0 Å². The average Bonchev–Trinajstić information content (AvgIpc) is 2.51. The third kappa shape index (κ3) is 6.97. The Labute approximate surface area is 128 Å². The molecule has 0 unspecified atom stereocenters. The highest BCUT2D eigenvalue weighted by molar-refractivity contribution is 5.79. The van der Waals surface area contributed by atoms with E-state index >= 15 is 0 Å². The number of hydrogen-bond acceptors (Lipinski definition) is 3. The minimum Gasteiger partial charge on any atom is -0.478 e. The third-order valence-electron chi connectivity index (χ3n) is 3.12. The molecule has 0 spiro atoms. The lowest BCUT2D eigenvalue weighted by atomic mass is 10.2. The zero-order chi connectivity index (χ0) is 15.3. The second-order valence-corrected chi connectivity index (χ2v) is 4.81. The van der Waals surface area contributed by atoms with Crippen molar-refractivity contribution in [1.29, 1.82) is 0 Å². The Morgan fingerprint density at radius 2 is 2.10 bits per heavy atom. The maximum absolute atomic E-state index is 5.52. The quantitative estimate of drug-likeness (QED) is 0.417. The van der Waals surface area contributed by atoms with Crippen molar-refractivity contribution < 1.29 is 4.74 Å². The molecule has 0 atom stereocenters. The molecule has 21 heavy (non-hydrogen) atoms. The molecule has 5 heteroatoms. The van der Waals surface area contributed by atoms with Crippen molar-refractivity contribution in [3.8, 4) is 5.88 Å². The van der Waals surface area contributed by atoms with Gasteiger partial charge in [0.15, 0.2) is 5.96 Å². The van der Waals surface area contributed by atoms with E-state index < -0.39 is 0 Å². The van der Waals surface area contributed by atoms with Crippen LogP contribution in [0.5, 0.6) is 5.88 Å². The van der Waals surface area contributed by atoms with Crippen LogP contribution in [-0.2, 0) is 6.54 Å². The number of pyridine rings is 1. The summed E-state index contributed by atoms with van der Waals surface area (Å²) >= 11 is 0. The normalized spacial score (nSPS) is 11.3. The minimum atomic E-state index is 0.619. The molecule has 2 N–H and O–H groups in total. The fourth-order valence-corrected chi connectivity index (χ4v) is 1.98. The van der Waals surface area contributed by atoms with E-state index in [-0.39, 0.29) is 0 Å². The first-order valence-electron chi connectivity index (χ1n) is 7.83. The Kier molecular flexibility index (Phi) is 9.00. The van der Waals surface area contributed by atoms with Gasteiger partial charge < -0.3 is 15.4 Å². The summed E-state index contributed by atoms with van der Waals surface area (Å²) < 4.78 is 5.52. The maximum atomic E-state index is 5.52. The molecule has 0 aliphatic carbocycles. The molecule has 1 aromatic heterocycles. The fourth-order valence-electron chi connectivity index (χ4n) is 1.98. The van der Waals surface area contributed by atoms with Gasteiger partial charge in [0.2, 0.25) is 5.88 Å². The largest absolute Gasteiger partial charge is 0.478 e. The van der Waals surface area contributed by atoms with Crippen molar-refractivity contribution in [1.82, 2.24) is 15.6 Å². The molecule has 1 heterocycles. The van der Waals surface area contributed by atoms with Crippen molar-refractivity contribution in [2.24, 2.45) is 4.99 Å². The SMILES string of the molecule is CCCCCCNC(=NC)NCc1cccnc1OCC. The van der Waals surface area contributed by atoms with Crippen LogP contribution >= 0.6 is 0 Å². The Morgan fingerprint density at radius 1 is 1.24 bits per heavy atom. The van der Waals surface area contributed by atoms with Gasteiger partial charge >= 0.3 is 0 Å². The number of rotatable bonds is 9. The monoisotopic (exact) mass is 292 g/mol. The molecule has 5 nitrogen and oxygen atoms in total. The van der Waals surface area contributed by atoms with Crippen LogP contribution in [0.4, 0.5) is 0 Å². The molecule has 0 aromatic carbocycles. The van der Waals surface area contributed by atoms with E-state index in [0.717, 1.165) is 18.1 Å². The second-order valence-electron chi connectivity index (χ2n) is 4.81. The number of aromatic nitrogens is 1. The molecule has 0 fully saturated rings. The predicted octanol–water partition coefficient (Wildman–Crippen LogP) is 2.73. The summed E-state index contributed by atoms with van der Waals surface area (Å²) in [6.07, 6.45) is 6.73. The van der Waals surface area contributed by atoms with E-state index in [4.69, 9.17) is 4.74 Å². The number of ether oxygens (including phenoxy) is 1. The van der Waals surface area contributed by atoms with Gasteiger partial charge in [0, 0.05) is 31.9 Å². The maximum Gasteiger partial charge on any atom is 0.218 e. The van der Waals surface area contributed by atoms with Gasteiger partial charge in [-0.05, 0) is 19.4 Å². The van der Waals surface area contributed by atoms with Crippen molar-refractivity contribution >= 4 is 5.96 Å². The lowest BCUT2D eigenvalue weighted by Gasteiger charge is -2.13. The lowest BCUT2D eigenvalue weighted by Crippen LogP contribution is -2.37. The van der Waals surface area contributed by atoms with Gasteiger partial charge in [-0.1, -0.05) is 32.3 Å². The second kappa shape index (κ2) is 10.9. The van der Waals surface area contributed by atoms with E-state index in [9.17, 15) is 0 Å². The Morgan fingerprint density at radius 3 is 2.81 bits per heavy atom. The Balaban J connectivity index is 2.38. The van der Waals surface area contributed by atoms with Crippen molar-refractivity contribution in [2.45, 2.75) is 46.1 Å². The van der Waals surface area contributed by atoms with E-state index in [0.29, 0.717) is 19.0 Å². The molecule has 1 aromatic rings. The first kappa shape index (κ1) is 17.3. The molecule has 0 saturated carbocycles. The number of nitrogens with one attached hydrogen (secondary N) is 2. The molecule has 0 saturated heterocycles. The van der Waals surface area contributed by atoms with E-state index in [1.54, 1.807) is 13.2 Å². The Bertz CT molecular complexity index is 420. The van der Waals surface area contributed by atoms with E-state index in [2.05, 4.69) is 27.5 Å². The summed E-state index contributed by atoms with van der Waals surface area (Å²) in [7, 11) is 1.79. The van der Waals surface area contributed by atoms with Gasteiger partial charge in [0.25, 0.3) is 0 Å². The first-order valence-corrected chi connectivity index (χ1v) is 7.83. The zero-order valence-electron chi connectivity index (χ0n) is 13.5. The molecule has 0 aliphatic rings. The van der Waals surface area contributed by atoms with Crippen molar-refractivity contribution in [3.63, 3.8) is 0 Å². The molecule has 1 rings (SSSR count). The first-order chi connectivity index (χ1) is 10.3. The van der Waals surface area contributed by atoms with E-state index in [1.165, 1.54) is 25.7 Å². The topological polar surface area (TPSA) is 58.5 Å². The summed E-state index contributed by atoms with van der Waals surface area (Å²) in [5, 5.41) is 6.62. The van der Waals surface area contributed by atoms with Crippen LogP contribution in [0.3, 0.4) is 0 Å². The van der Waals surface area contributed by atoms with Gasteiger partial charge in [-0.2, -0.15) is 0 Å². The van der Waals surface area contributed by atoms with Gasteiger partial charge in [0.05, 0.1) is 6.61 Å². The highest BCUT2D eigenvalue weighted by Gasteiger charge is 2.05. The van der Waals surface area contributed by atoms with Crippen LogP contribution in [0.15, 0.2) is 23.3 Å².